The van der Waals surface area contributed by atoms with Gasteiger partial charge in [-0.2, -0.15) is 0 Å². The van der Waals surface area contributed by atoms with Crippen LogP contribution in [0.4, 0.5) is 0 Å². The van der Waals surface area contributed by atoms with E-state index >= 15 is 0 Å². The first-order valence-electron chi connectivity index (χ1n) is 8.80. The van der Waals surface area contributed by atoms with E-state index in [9.17, 15) is 4.79 Å². The van der Waals surface area contributed by atoms with Gasteiger partial charge >= 0.3 is 0 Å². The Kier molecular flexibility index (Phi) is 4.62. The molecule has 3 aromatic heterocycles. The summed E-state index contributed by atoms with van der Waals surface area (Å²) in [5.74, 6) is 2.21. The molecule has 0 radical (unpaired) electrons. The number of rotatable bonds is 4. The van der Waals surface area contributed by atoms with Gasteiger partial charge in [0, 0.05) is 20.7 Å². The predicted octanol–water partition coefficient (Wildman–Crippen LogP) is 5.34. The first kappa shape index (κ1) is 17.8. The Labute approximate surface area is 173 Å². The highest BCUT2D eigenvalue weighted by molar-refractivity contribution is 7.99. The lowest BCUT2D eigenvalue weighted by Gasteiger charge is -2.19. The summed E-state index contributed by atoms with van der Waals surface area (Å²) in [4.78, 5) is 23.4. The lowest BCUT2D eigenvalue weighted by atomic mass is 10.2. The Balaban J connectivity index is 1.45. The van der Waals surface area contributed by atoms with Crippen LogP contribution in [0.5, 0.6) is 11.5 Å². The number of benzene rings is 1. The fourth-order valence-corrected chi connectivity index (χ4v) is 5.85. The molecule has 1 aliphatic rings. The third kappa shape index (κ3) is 3.21. The van der Waals surface area contributed by atoms with E-state index < -0.39 is 0 Å². The average Bonchev–Trinajstić information content (AvgIpc) is 3.37. The van der Waals surface area contributed by atoms with Crippen molar-refractivity contribution in [1.29, 1.82) is 0 Å². The maximum absolute atomic E-state index is 12.8. The van der Waals surface area contributed by atoms with Gasteiger partial charge in [0.15, 0.2) is 11.5 Å². The Morgan fingerprint density at radius 3 is 2.86 bits per heavy atom. The van der Waals surface area contributed by atoms with Crippen LogP contribution >= 0.6 is 34.4 Å². The number of ether oxygens (including phenoxy) is 2. The van der Waals surface area contributed by atoms with Gasteiger partial charge in [-0.25, -0.2) is 4.98 Å². The first-order chi connectivity index (χ1) is 13.7. The number of aromatic amines is 1. The molecule has 4 aromatic rings. The fraction of sp³-hybridized carbons (Fsp3) is 0.200. The molecule has 142 valence electrons. The zero-order valence-electron chi connectivity index (χ0n) is 14.9. The van der Waals surface area contributed by atoms with Crippen LogP contribution in [0.2, 0.25) is 0 Å². The zero-order valence-corrected chi connectivity index (χ0v) is 17.4. The molecule has 0 saturated carbocycles. The molecule has 0 spiro atoms. The normalized spacial score (nSPS) is 14.3. The van der Waals surface area contributed by atoms with Gasteiger partial charge in [-0.15, -0.1) is 34.4 Å². The van der Waals surface area contributed by atoms with Gasteiger partial charge < -0.3 is 14.5 Å². The van der Waals surface area contributed by atoms with E-state index in [0.29, 0.717) is 24.4 Å². The molecule has 0 aliphatic carbocycles. The largest absolute Gasteiger partial charge is 0.486 e. The van der Waals surface area contributed by atoms with E-state index in [1.165, 1.54) is 11.3 Å². The maximum Gasteiger partial charge on any atom is 0.260 e. The molecule has 1 atom stereocenters. The quantitative estimate of drug-likeness (QED) is 0.445. The Morgan fingerprint density at radius 2 is 2.04 bits per heavy atom. The van der Waals surface area contributed by atoms with E-state index in [0.717, 1.165) is 31.7 Å². The Bertz CT molecular complexity index is 1200. The number of nitrogens with zero attached hydrogens (tertiary/aromatic N) is 1. The Morgan fingerprint density at radius 1 is 1.18 bits per heavy atom. The highest BCUT2D eigenvalue weighted by atomic mass is 32.2. The second-order valence-electron chi connectivity index (χ2n) is 6.32. The zero-order chi connectivity index (χ0) is 19.1. The van der Waals surface area contributed by atoms with Gasteiger partial charge in [-0.3, -0.25) is 4.79 Å². The van der Waals surface area contributed by atoms with Gasteiger partial charge in [0.05, 0.1) is 10.6 Å². The molecule has 5 nitrogen and oxygen atoms in total. The van der Waals surface area contributed by atoms with Gasteiger partial charge in [0.1, 0.15) is 23.9 Å². The standard InChI is InChI=1S/C20H16N2O3S3/c1-11(28-12-4-5-14-15(9-12)25-7-6-24-14)18-21-19(23)17-13(10-27-20(17)22-18)16-3-2-8-26-16/h2-5,8-11H,6-7H2,1H3,(H,21,22,23)/t11-/m1/s1. The summed E-state index contributed by atoms with van der Waals surface area (Å²) in [6.45, 7) is 3.18. The predicted molar refractivity (Wildman–Crippen MR) is 115 cm³/mol. The smallest absolute Gasteiger partial charge is 0.260 e. The molecule has 0 amide bonds. The Hall–Kier alpha value is -2.29. The molecule has 1 aromatic carbocycles. The molecule has 1 aliphatic heterocycles. The molecule has 8 heteroatoms. The van der Waals surface area contributed by atoms with Crippen molar-refractivity contribution in [2.45, 2.75) is 17.1 Å². The van der Waals surface area contributed by atoms with Crippen molar-refractivity contribution >= 4 is 44.7 Å². The number of nitrogens with one attached hydrogen (secondary N) is 1. The van der Waals surface area contributed by atoms with E-state index in [4.69, 9.17) is 14.5 Å². The van der Waals surface area contributed by atoms with Crippen LogP contribution in [0, 0.1) is 0 Å². The fourth-order valence-electron chi connectivity index (χ4n) is 3.13. The van der Waals surface area contributed by atoms with E-state index in [-0.39, 0.29) is 10.8 Å². The van der Waals surface area contributed by atoms with Crippen molar-refractivity contribution in [3.05, 3.63) is 57.3 Å². The summed E-state index contributed by atoms with van der Waals surface area (Å²) < 4.78 is 11.2. The minimum Gasteiger partial charge on any atom is -0.486 e. The van der Waals surface area contributed by atoms with Crippen molar-refractivity contribution in [1.82, 2.24) is 9.97 Å². The molecule has 0 bridgehead atoms. The number of H-pyrrole nitrogens is 1. The molecule has 0 fully saturated rings. The van der Waals surface area contributed by atoms with Gasteiger partial charge in [-0.05, 0) is 36.6 Å². The van der Waals surface area contributed by atoms with Crippen LogP contribution in [-0.4, -0.2) is 23.2 Å². The van der Waals surface area contributed by atoms with Gasteiger partial charge in [-0.1, -0.05) is 6.07 Å². The summed E-state index contributed by atoms with van der Waals surface area (Å²) in [7, 11) is 0. The van der Waals surface area contributed by atoms with E-state index in [2.05, 4.69) is 4.98 Å². The SMILES string of the molecule is C[C@@H](Sc1ccc2c(c1)OCCO2)c1nc2scc(-c3cccs3)c2c(=O)[nH]1. The van der Waals surface area contributed by atoms with Crippen LogP contribution in [0.1, 0.15) is 18.0 Å². The van der Waals surface area contributed by atoms with Crippen molar-refractivity contribution in [3.8, 4) is 21.9 Å². The average molecular weight is 429 g/mol. The molecular formula is C20H16N2O3S3. The number of hydrogen-bond donors (Lipinski definition) is 1. The molecule has 0 unspecified atom stereocenters. The summed E-state index contributed by atoms with van der Waals surface area (Å²) in [6.07, 6.45) is 0. The topological polar surface area (TPSA) is 64.2 Å². The molecule has 0 saturated heterocycles. The molecule has 1 N–H and O–H groups in total. The van der Waals surface area contributed by atoms with Gasteiger partial charge in [0.2, 0.25) is 0 Å². The second kappa shape index (κ2) is 7.27. The van der Waals surface area contributed by atoms with Crippen LogP contribution in [0.15, 0.2) is 50.8 Å². The van der Waals surface area contributed by atoms with Crippen LogP contribution < -0.4 is 15.0 Å². The minimum atomic E-state index is -0.0840. The highest BCUT2D eigenvalue weighted by Gasteiger charge is 2.18. The summed E-state index contributed by atoms with van der Waals surface area (Å²) in [6, 6.07) is 9.93. The van der Waals surface area contributed by atoms with Crippen molar-refractivity contribution in [2.24, 2.45) is 0 Å². The molecule has 4 heterocycles. The van der Waals surface area contributed by atoms with Crippen molar-refractivity contribution < 1.29 is 9.47 Å². The van der Waals surface area contributed by atoms with Crippen molar-refractivity contribution in [2.75, 3.05) is 13.2 Å². The third-order valence-electron chi connectivity index (χ3n) is 4.46. The van der Waals surface area contributed by atoms with Gasteiger partial charge in [0.25, 0.3) is 5.56 Å². The van der Waals surface area contributed by atoms with Crippen LogP contribution in [0.25, 0.3) is 20.7 Å². The molecular weight excluding hydrogens is 412 g/mol. The monoisotopic (exact) mass is 428 g/mol. The van der Waals surface area contributed by atoms with E-state index in [1.54, 1.807) is 23.1 Å². The first-order valence-corrected chi connectivity index (χ1v) is 11.4. The highest BCUT2D eigenvalue weighted by Crippen LogP contribution is 2.40. The van der Waals surface area contributed by atoms with Crippen LogP contribution in [-0.2, 0) is 0 Å². The lowest BCUT2D eigenvalue weighted by molar-refractivity contribution is 0.171. The minimum absolute atomic E-state index is 0.00746. The summed E-state index contributed by atoms with van der Waals surface area (Å²) in [5.41, 5.74) is 0.877. The summed E-state index contributed by atoms with van der Waals surface area (Å²) in [5, 5.41) is 4.70. The lowest BCUT2D eigenvalue weighted by Crippen LogP contribution is -2.15. The third-order valence-corrected chi connectivity index (χ3v) is 7.34. The number of fused-ring (bicyclic) bond motifs is 2. The summed E-state index contributed by atoms with van der Waals surface area (Å²) >= 11 is 4.77. The maximum atomic E-state index is 12.8. The second-order valence-corrected chi connectivity index (χ2v) is 9.54. The number of aromatic nitrogens is 2. The molecule has 28 heavy (non-hydrogen) atoms. The number of hydrogen-bond acceptors (Lipinski definition) is 7. The van der Waals surface area contributed by atoms with E-state index in [1.807, 2.05) is 48.0 Å². The van der Waals surface area contributed by atoms with Crippen molar-refractivity contribution in [3.63, 3.8) is 0 Å². The number of thiophene rings is 2. The number of thioether (sulfide) groups is 1. The molecule has 5 rings (SSSR count). The van der Waals surface area contributed by atoms with Crippen LogP contribution in [0.3, 0.4) is 0 Å².